The van der Waals surface area contributed by atoms with Crippen molar-refractivity contribution < 1.29 is 13.6 Å². The van der Waals surface area contributed by atoms with Crippen LogP contribution in [0.15, 0.2) is 18.2 Å². The Balaban J connectivity index is 1.97. The second kappa shape index (κ2) is 6.10. The summed E-state index contributed by atoms with van der Waals surface area (Å²) in [6.07, 6.45) is 2.16. The molecular formula is C14H18F2N2O. The highest BCUT2D eigenvalue weighted by Gasteiger charge is 2.22. The SMILES string of the molecule is CC(NC(=O)c1ccc(F)c(F)c1)C1CCCNC1. The van der Waals surface area contributed by atoms with Crippen LogP contribution >= 0.6 is 0 Å². The Morgan fingerprint density at radius 3 is 2.84 bits per heavy atom. The quantitative estimate of drug-likeness (QED) is 0.881. The first-order valence-electron chi connectivity index (χ1n) is 6.54. The molecule has 2 atom stereocenters. The van der Waals surface area contributed by atoms with E-state index in [-0.39, 0.29) is 17.5 Å². The van der Waals surface area contributed by atoms with E-state index in [0.717, 1.165) is 38.1 Å². The van der Waals surface area contributed by atoms with Gasteiger partial charge in [-0.05, 0) is 57.0 Å². The van der Waals surface area contributed by atoms with Crippen LogP contribution in [0, 0.1) is 17.6 Å². The molecule has 0 spiro atoms. The third-order valence-electron chi connectivity index (χ3n) is 3.58. The van der Waals surface area contributed by atoms with Gasteiger partial charge in [-0.25, -0.2) is 8.78 Å². The monoisotopic (exact) mass is 268 g/mol. The molecule has 104 valence electrons. The number of carbonyl (C=O) groups is 1. The number of benzene rings is 1. The van der Waals surface area contributed by atoms with Gasteiger partial charge in [0.25, 0.3) is 5.91 Å². The average Bonchev–Trinajstić information content (AvgIpc) is 2.42. The minimum atomic E-state index is -1.00. The number of piperidine rings is 1. The van der Waals surface area contributed by atoms with E-state index in [1.807, 2.05) is 6.92 Å². The predicted molar refractivity (Wildman–Crippen MR) is 68.9 cm³/mol. The van der Waals surface area contributed by atoms with Crippen LogP contribution < -0.4 is 10.6 Å². The average molecular weight is 268 g/mol. The Kier molecular flexibility index (Phi) is 4.47. The second-order valence-corrected chi connectivity index (χ2v) is 5.00. The minimum Gasteiger partial charge on any atom is -0.349 e. The van der Waals surface area contributed by atoms with Crippen LogP contribution in [0.5, 0.6) is 0 Å². The van der Waals surface area contributed by atoms with Crippen molar-refractivity contribution in [3.63, 3.8) is 0 Å². The van der Waals surface area contributed by atoms with Crippen molar-refractivity contribution in [3.05, 3.63) is 35.4 Å². The Morgan fingerprint density at radius 2 is 2.21 bits per heavy atom. The first-order valence-corrected chi connectivity index (χ1v) is 6.54. The van der Waals surface area contributed by atoms with E-state index in [4.69, 9.17) is 0 Å². The lowest BCUT2D eigenvalue weighted by Gasteiger charge is -2.28. The second-order valence-electron chi connectivity index (χ2n) is 5.00. The number of halogens is 2. The molecule has 0 saturated carbocycles. The van der Waals surface area contributed by atoms with E-state index in [1.165, 1.54) is 6.07 Å². The molecule has 1 aliphatic rings. The summed E-state index contributed by atoms with van der Waals surface area (Å²) >= 11 is 0. The number of nitrogens with one attached hydrogen (secondary N) is 2. The Morgan fingerprint density at radius 1 is 1.42 bits per heavy atom. The van der Waals surface area contributed by atoms with Gasteiger partial charge < -0.3 is 10.6 Å². The van der Waals surface area contributed by atoms with Crippen molar-refractivity contribution in [3.8, 4) is 0 Å². The van der Waals surface area contributed by atoms with Crippen molar-refractivity contribution >= 4 is 5.91 Å². The molecule has 0 radical (unpaired) electrons. The fourth-order valence-electron chi connectivity index (χ4n) is 2.35. The highest BCUT2D eigenvalue weighted by molar-refractivity contribution is 5.94. The van der Waals surface area contributed by atoms with E-state index >= 15 is 0 Å². The Bertz CT molecular complexity index is 459. The van der Waals surface area contributed by atoms with E-state index in [1.54, 1.807) is 0 Å². The number of hydrogen-bond acceptors (Lipinski definition) is 2. The van der Waals surface area contributed by atoms with Gasteiger partial charge in [-0.15, -0.1) is 0 Å². The summed E-state index contributed by atoms with van der Waals surface area (Å²) < 4.78 is 25.9. The lowest BCUT2D eigenvalue weighted by Crippen LogP contribution is -2.44. The maximum atomic E-state index is 13.1. The number of carbonyl (C=O) groups excluding carboxylic acids is 1. The van der Waals surface area contributed by atoms with Gasteiger partial charge in [-0.1, -0.05) is 0 Å². The smallest absolute Gasteiger partial charge is 0.251 e. The normalized spacial score (nSPS) is 20.9. The highest BCUT2D eigenvalue weighted by atomic mass is 19.2. The first kappa shape index (κ1) is 13.9. The fourth-order valence-corrected chi connectivity index (χ4v) is 2.35. The van der Waals surface area contributed by atoms with Crippen molar-refractivity contribution in [1.82, 2.24) is 10.6 Å². The summed E-state index contributed by atoms with van der Waals surface area (Å²) in [5.74, 6) is -1.93. The van der Waals surface area contributed by atoms with Gasteiger partial charge in [0.2, 0.25) is 0 Å². The maximum absolute atomic E-state index is 13.1. The summed E-state index contributed by atoms with van der Waals surface area (Å²) in [6, 6.07) is 3.20. The van der Waals surface area contributed by atoms with Gasteiger partial charge >= 0.3 is 0 Å². The topological polar surface area (TPSA) is 41.1 Å². The summed E-state index contributed by atoms with van der Waals surface area (Å²) in [5.41, 5.74) is 0.148. The molecule has 1 aliphatic heterocycles. The summed E-state index contributed by atoms with van der Waals surface area (Å²) in [5, 5.41) is 6.13. The molecular weight excluding hydrogens is 250 g/mol. The molecule has 3 nitrogen and oxygen atoms in total. The highest BCUT2D eigenvalue weighted by Crippen LogP contribution is 2.15. The third-order valence-corrected chi connectivity index (χ3v) is 3.58. The van der Waals surface area contributed by atoms with Crippen molar-refractivity contribution in [2.24, 2.45) is 5.92 Å². The van der Waals surface area contributed by atoms with Gasteiger partial charge in [0.05, 0.1) is 0 Å². The fraction of sp³-hybridized carbons (Fsp3) is 0.500. The van der Waals surface area contributed by atoms with Crippen LogP contribution in [-0.2, 0) is 0 Å². The van der Waals surface area contributed by atoms with E-state index in [0.29, 0.717) is 5.92 Å². The van der Waals surface area contributed by atoms with Crippen molar-refractivity contribution in [2.75, 3.05) is 13.1 Å². The number of rotatable bonds is 3. The van der Waals surface area contributed by atoms with Crippen molar-refractivity contribution in [1.29, 1.82) is 0 Å². The molecule has 1 amide bonds. The van der Waals surface area contributed by atoms with Crippen molar-refractivity contribution in [2.45, 2.75) is 25.8 Å². The molecule has 2 rings (SSSR count). The molecule has 1 aromatic rings. The maximum Gasteiger partial charge on any atom is 0.251 e. The zero-order chi connectivity index (χ0) is 13.8. The van der Waals surface area contributed by atoms with E-state index < -0.39 is 11.6 Å². The summed E-state index contributed by atoms with van der Waals surface area (Å²) in [6.45, 7) is 3.83. The predicted octanol–water partition coefficient (Wildman–Crippen LogP) is 2.08. The minimum absolute atomic E-state index is 0.00779. The van der Waals surface area contributed by atoms with E-state index in [2.05, 4.69) is 10.6 Å². The Hall–Kier alpha value is -1.49. The zero-order valence-electron chi connectivity index (χ0n) is 10.9. The van der Waals surface area contributed by atoms with Crippen LogP contribution in [0.4, 0.5) is 8.78 Å². The number of hydrogen-bond donors (Lipinski definition) is 2. The molecule has 2 N–H and O–H groups in total. The zero-order valence-corrected chi connectivity index (χ0v) is 10.9. The Labute approximate surface area is 111 Å². The van der Waals surface area contributed by atoms with Gasteiger partial charge in [0.1, 0.15) is 0 Å². The number of amides is 1. The molecule has 1 saturated heterocycles. The third kappa shape index (κ3) is 3.50. The molecule has 0 aromatic heterocycles. The standard InChI is InChI=1S/C14H18F2N2O/c1-9(11-3-2-6-17-8-11)18-14(19)10-4-5-12(15)13(16)7-10/h4-5,7,9,11,17H,2-3,6,8H2,1H3,(H,18,19). The van der Waals surface area contributed by atoms with Crippen LogP contribution in [0.1, 0.15) is 30.1 Å². The van der Waals surface area contributed by atoms with Gasteiger partial charge in [-0.2, -0.15) is 0 Å². The van der Waals surface area contributed by atoms with E-state index in [9.17, 15) is 13.6 Å². The largest absolute Gasteiger partial charge is 0.349 e. The van der Waals surface area contributed by atoms with Crippen LogP contribution in [0.2, 0.25) is 0 Å². The van der Waals surface area contributed by atoms with Gasteiger partial charge in [0.15, 0.2) is 11.6 Å². The molecule has 1 aromatic carbocycles. The molecule has 1 heterocycles. The van der Waals surface area contributed by atoms with Gasteiger partial charge in [0, 0.05) is 11.6 Å². The summed E-state index contributed by atoms with van der Waals surface area (Å²) in [7, 11) is 0. The van der Waals surface area contributed by atoms with Crippen LogP contribution in [0.25, 0.3) is 0 Å². The lowest BCUT2D eigenvalue weighted by atomic mass is 9.92. The molecule has 0 aliphatic carbocycles. The molecule has 2 unspecified atom stereocenters. The molecule has 19 heavy (non-hydrogen) atoms. The van der Waals surface area contributed by atoms with Gasteiger partial charge in [-0.3, -0.25) is 4.79 Å². The van der Waals surface area contributed by atoms with Crippen LogP contribution in [-0.4, -0.2) is 25.0 Å². The molecule has 5 heteroatoms. The lowest BCUT2D eigenvalue weighted by molar-refractivity contribution is 0.0921. The molecule has 0 bridgehead atoms. The van der Waals surface area contributed by atoms with Crippen LogP contribution in [0.3, 0.4) is 0 Å². The first-order chi connectivity index (χ1) is 9.08. The summed E-state index contributed by atoms with van der Waals surface area (Å²) in [4.78, 5) is 11.9. The molecule has 1 fully saturated rings.